The normalized spacial score (nSPS) is 16.2. The van der Waals surface area contributed by atoms with Gasteiger partial charge in [-0.05, 0) is 30.1 Å². The molecule has 3 atom stereocenters. The zero-order chi connectivity index (χ0) is 19.3. The molecule has 0 aliphatic carbocycles. The van der Waals surface area contributed by atoms with Crippen LogP contribution in [0.3, 0.4) is 0 Å². The summed E-state index contributed by atoms with van der Waals surface area (Å²) >= 11 is 0. The number of hydrogen-bond donors (Lipinski definition) is 2. The maximum Gasteiger partial charge on any atom is 0.469 e. The summed E-state index contributed by atoms with van der Waals surface area (Å²) in [5.41, 5.74) is 0. The van der Waals surface area contributed by atoms with E-state index in [-0.39, 0.29) is 6.61 Å². The fourth-order valence-corrected chi connectivity index (χ4v) is 3.65. The highest BCUT2D eigenvalue weighted by molar-refractivity contribution is 7.46. The fraction of sp³-hybridized carbons (Fsp3) is 1.00. The smallest absolute Gasteiger partial charge is 0.303 e. The fourth-order valence-electron chi connectivity index (χ4n) is 3.31. The number of phosphoric acid groups is 1. The summed E-state index contributed by atoms with van der Waals surface area (Å²) in [7, 11) is -4.30. The summed E-state index contributed by atoms with van der Waals surface area (Å²) in [6, 6.07) is 0. The molecular formula is C20H43O4P. The Kier molecular flexibility index (Phi) is 14.3. The van der Waals surface area contributed by atoms with E-state index >= 15 is 0 Å². The van der Waals surface area contributed by atoms with Gasteiger partial charge in [0.25, 0.3) is 0 Å². The predicted octanol–water partition coefficient (Wildman–Crippen LogP) is 6.56. The Morgan fingerprint density at radius 1 is 0.680 bits per heavy atom. The van der Waals surface area contributed by atoms with Crippen LogP contribution in [0.4, 0.5) is 0 Å². The summed E-state index contributed by atoms with van der Waals surface area (Å²) in [5.74, 6) is 2.93. The molecule has 0 spiro atoms. The number of hydrogen-bond acceptors (Lipinski definition) is 2. The third-order valence-corrected chi connectivity index (χ3v) is 5.66. The van der Waals surface area contributed by atoms with Crippen molar-refractivity contribution in [2.45, 2.75) is 98.8 Å². The van der Waals surface area contributed by atoms with Crippen LogP contribution in [-0.4, -0.2) is 16.4 Å². The summed E-state index contributed by atoms with van der Waals surface area (Å²) in [4.78, 5) is 17.3. The second-order valence-electron chi connectivity index (χ2n) is 8.61. The molecule has 0 aliphatic heterocycles. The molecule has 1 unspecified atom stereocenters. The summed E-state index contributed by atoms with van der Waals surface area (Å²) in [6.45, 7) is 11.6. The lowest BCUT2D eigenvalue weighted by atomic mass is 9.91. The SMILES string of the molecule is CC(C)CCC[C@H](C)CCC[C@H](C)CCCC(C)CCOP(=O)(O)O. The van der Waals surface area contributed by atoms with Gasteiger partial charge in [0.1, 0.15) is 0 Å². The van der Waals surface area contributed by atoms with Crippen LogP contribution >= 0.6 is 7.82 Å². The maximum absolute atomic E-state index is 10.6. The van der Waals surface area contributed by atoms with Crippen LogP contribution in [0.2, 0.25) is 0 Å². The van der Waals surface area contributed by atoms with E-state index in [4.69, 9.17) is 9.79 Å². The van der Waals surface area contributed by atoms with Crippen molar-refractivity contribution < 1.29 is 18.9 Å². The first-order valence-corrected chi connectivity index (χ1v) is 11.8. The Morgan fingerprint density at radius 3 is 1.40 bits per heavy atom. The van der Waals surface area contributed by atoms with Crippen molar-refractivity contribution in [3.8, 4) is 0 Å². The highest BCUT2D eigenvalue weighted by Crippen LogP contribution is 2.36. The van der Waals surface area contributed by atoms with Gasteiger partial charge in [-0.1, -0.05) is 92.4 Å². The van der Waals surface area contributed by atoms with Crippen LogP contribution in [0.25, 0.3) is 0 Å². The van der Waals surface area contributed by atoms with Gasteiger partial charge in [0.15, 0.2) is 0 Å². The molecule has 5 heteroatoms. The minimum Gasteiger partial charge on any atom is -0.303 e. The highest BCUT2D eigenvalue weighted by atomic mass is 31.2. The van der Waals surface area contributed by atoms with Gasteiger partial charge in [-0.25, -0.2) is 4.57 Å². The average Bonchev–Trinajstić information content (AvgIpc) is 2.45. The van der Waals surface area contributed by atoms with Gasteiger partial charge in [-0.3, -0.25) is 4.52 Å². The molecule has 0 amide bonds. The Bertz CT molecular complexity index is 354. The monoisotopic (exact) mass is 378 g/mol. The molecule has 0 bridgehead atoms. The Hall–Kier alpha value is 0.110. The molecule has 0 saturated carbocycles. The summed E-state index contributed by atoms with van der Waals surface area (Å²) < 4.78 is 15.1. The van der Waals surface area contributed by atoms with Gasteiger partial charge in [0.05, 0.1) is 6.61 Å². The van der Waals surface area contributed by atoms with Gasteiger partial charge in [0.2, 0.25) is 0 Å². The quantitative estimate of drug-likeness (QED) is 0.298. The second-order valence-corrected chi connectivity index (χ2v) is 9.85. The lowest BCUT2D eigenvalue weighted by Gasteiger charge is -2.16. The van der Waals surface area contributed by atoms with E-state index in [1.807, 2.05) is 0 Å². The molecule has 0 aromatic heterocycles. The lowest BCUT2D eigenvalue weighted by molar-refractivity contribution is 0.184. The molecule has 152 valence electrons. The molecule has 2 N–H and O–H groups in total. The van der Waals surface area contributed by atoms with Crippen molar-refractivity contribution in [1.82, 2.24) is 0 Å². The minimum atomic E-state index is -4.30. The molecular weight excluding hydrogens is 335 g/mol. The van der Waals surface area contributed by atoms with Crippen molar-refractivity contribution in [1.29, 1.82) is 0 Å². The van der Waals surface area contributed by atoms with Crippen LogP contribution in [0.5, 0.6) is 0 Å². The van der Waals surface area contributed by atoms with E-state index in [0.29, 0.717) is 12.3 Å². The van der Waals surface area contributed by atoms with Gasteiger partial charge >= 0.3 is 7.82 Å². The van der Waals surface area contributed by atoms with Crippen LogP contribution in [0.1, 0.15) is 98.8 Å². The zero-order valence-corrected chi connectivity index (χ0v) is 18.1. The maximum atomic E-state index is 10.6. The molecule has 0 heterocycles. The first kappa shape index (κ1) is 25.1. The molecule has 25 heavy (non-hydrogen) atoms. The zero-order valence-electron chi connectivity index (χ0n) is 17.2. The lowest BCUT2D eigenvalue weighted by Crippen LogP contribution is -2.03. The minimum absolute atomic E-state index is 0.149. The second kappa shape index (κ2) is 14.2. The van der Waals surface area contributed by atoms with Crippen LogP contribution in [0, 0.1) is 23.7 Å². The molecule has 4 nitrogen and oxygen atoms in total. The van der Waals surface area contributed by atoms with Crippen molar-refractivity contribution in [3.63, 3.8) is 0 Å². The van der Waals surface area contributed by atoms with E-state index in [1.165, 1.54) is 51.4 Å². The van der Waals surface area contributed by atoms with E-state index in [0.717, 1.165) is 24.2 Å². The molecule has 0 aromatic rings. The third-order valence-electron chi connectivity index (χ3n) is 5.14. The van der Waals surface area contributed by atoms with Crippen molar-refractivity contribution in [2.75, 3.05) is 6.61 Å². The van der Waals surface area contributed by atoms with Crippen molar-refractivity contribution in [3.05, 3.63) is 0 Å². The van der Waals surface area contributed by atoms with E-state index in [2.05, 4.69) is 39.1 Å². The van der Waals surface area contributed by atoms with E-state index in [9.17, 15) is 4.57 Å². The molecule has 0 aromatic carbocycles. The van der Waals surface area contributed by atoms with Crippen LogP contribution in [-0.2, 0) is 9.09 Å². The highest BCUT2D eigenvalue weighted by Gasteiger charge is 2.14. The van der Waals surface area contributed by atoms with E-state index in [1.54, 1.807) is 0 Å². The van der Waals surface area contributed by atoms with Gasteiger partial charge < -0.3 is 9.79 Å². The standard InChI is InChI=1S/C20H43O4P/c1-17(2)9-6-10-18(3)11-7-12-19(4)13-8-14-20(5)15-16-24-25(21,22)23/h17-20H,6-16H2,1-5H3,(H2,21,22,23)/t18-,19-,20?/m0/s1. The first-order valence-electron chi connectivity index (χ1n) is 10.3. The van der Waals surface area contributed by atoms with Crippen molar-refractivity contribution in [2.24, 2.45) is 23.7 Å². The molecule has 0 rings (SSSR count). The molecule has 0 fully saturated rings. The third kappa shape index (κ3) is 18.7. The van der Waals surface area contributed by atoms with Crippen LogP contribution < -0.4 is 0 Å². The predicted molar refractivity (Wildman–Crippen MR) is 106 cm³/mol. The Balaban J connectivity index is 3.57. The Morgan fingerprint density at radius 2 is 1.04 bits per heavy atom. The average molecular weight is 379 g/mol. The van der Waals surface area contributed by atoms with Gasteiger partial charge in [-0.2, -0.15) is 0 Å². The number of phosphoric ester groups is 1. The van der Waals surface area contributed by atoms with Gasteiger partial charge in [-0.15, -0.1) is 0 Å². The topological polar surface area (TPSA) is 66.8 Å². The first-order chi connectivity index (χ1) is 11.6. The molecule has 0 aliphatic rings. The Labute approximate surface area is 156 Å². The van der Waals surface area contributed by atoms with Crippen LogP contribution in [0.15, 0.2) is 0 Å². The molecule has 0 radical (unpaired) electrons. The van der Waals surface area contributed by atoms with Crippen molar-refractivity contribution >= 4 is 7.82 Å². The number of rotatable bonds is 16. The largest absolute Gasteiger partial charge is 0.469 e. The van der Waals surface area contributed by atoms with Gasteiger partial charge in [0, 0.05) is 0 Å². The molecule has 0 saturated heterocycles. The van der Waals surface area contributed by atoms with E-state index < -0.39 is 7.82 Å². The summed E-state index contributed by atoms with van der Waals surface area (Å²) in [6.07, 6.45) is 12.4. The summed E-state index contributed by atoms with van der Waals surface area (Å²) in [5, 5.41) is 0.